The number of nitrogens with zero attached hydrogens (tertiary/aromatic N) is 3. The van der Waals surface area contributed by atoms with E-state index in [1.807, 2.05) is 30.3 Å². The first-order chi connectivity index (χ1) is 13.7. The number of guanidine groups is 1. The predicted octanol–water partition coefficient (Wildman–Crippen LogP) is 2.98. The van der Waals surface area contributed by atoms with Gasteiger partial charge in [-0.25, -0.2) is 0 Å². The Balaban J connectivity index is 1.31. The smallest absolute Gasteiger partial charge is 0.246 e. The lowest BCUT2D eigenvalue weighted by Gasteiger charge is -2.10. The molecule has 28 heavy (non-hydrogen) atoms. The van der Waals surface area contributed by atoms with Crippen molar-refractivity contribution in [2.75, 3.05) is 13.8 Å². The third-order valence-corrected chi connectivity index (χ3v) is 4.35. The molecule has 0 unspecified atom stereocenters. The summed E-state index contributed by atoms with van der Waals surface area (Å²) in [5.41, 5.74) is 1.89. The van der Waals surface area contributed by atoms with E-state index in [9.17, 15) is 0 Å². The predicted molar refractivity (Wildman–Crippen MR) is 104 cm³/mol. The summed E-state index contributed by atoms with van der Waals surface area (Å²) in [7, 11) is 1.70. The van der Waals surface area contributed by atoms with Gasteiger partial charge in [-0.3, -0.25) is 4.99 Å². The zero-order valence-corrected chi connectivity index (χ0v) is 15.9. The molecular formula is C19H18ClN5O3. The zero-order valence-electron chi connectivity index (χ0n) is 15.1. The quantitative estimate of drug-likeness (QED) is 0.503. The molecule has 1 aliphatic heterocycles. The van der Waals surface area contributed by atoms with Crippen molar-refractivity contribution < 1.29 is 14.0 Å². The highest BCUT2D eigenvalue weighted by atomic mass is 35.5. The van der Waals surface area contributed by atoms with Gasteiger partial charge in [0.2, 0.25) is 18.5 Å². The molecule has 2 aromatic carbocycles. The normalized spacial score (nSPS) is 12.9. The molecule has 0 spiro atoms. The van der Waals surface area contributed by atoms with Crippen molar-refractivity contribution in [3.05, 3.63) is 58.9 Å². The van der Waals surface area contributed by atoms with Crippen LogP contribution in [-0.2, 0) is 13.1 Å². The number of nitrogens with one attached hydrogen (secondary N) is 2. The molecule has 0 fully saturated rings. The number of halogens is 1. The summed E-state index contributed by atoms with van der Waals surface area (Å²) >= 11 is 5.90. The lowest BCUT2D eigenvalue weighted by atomic mass is 10.2. The Hall–Kier alpha value is -3.26. The van der Waals surface area contributed by atoms with Gasteiger partial charge in [0.1, 0.15) is 0 Å². The van der Waals surface area contributed by atoms with Crippen molar-refractivity contribution in [1.29, 1.82) is 0 Å². The number of rotatable bonds is 5. The van der Waals surface area contributed by atoms with Gasteiger partial charge in [-0.05, 0) is 42.0 Å². The fourth-order valence-corrected chi connectivity index (χ4v) is 2.79. The fourth-order valence-electron chi connectivity index (χ4n) is 2.66. The van der Waals surface area contributed by atoms with Crippen LogP contribution >= 0.6 is 11.6 Å². The van der Waals surface area contributed by atoms with Crippen molar-refractivity contribution >= 4 is 17.6 Å². The molecule has 0 atom stereocenters. The lowest BCUT2D eigenvalue weighted by Crippen LogP contribution is -2.36. The topological polar surface area (TPSA) is 93.8 Å². The molecule has 9 heteroatoms. The first-order valence-corrected chi connectivity index (χ1v) is 9.00. The van der Waals surface area contributed by atoms with Crippen LogP contribution in [0.25, 0.3) is 11.4 Å². The standard InChI is InChI=1S/C19H18ClN5O3/c1-21-19(22-9-12-2-7-15-16(8-12)27-11-26-15)23-10-17-24-18(25-28-17)13-3-5-14(20)6-4-13/h2-8H,9-11H2,1H3,(H2,21,22,23). The van der Waals surface area contributed by atoms with Crippen LogP contribution in [0.1, 0.15) is 11.5 Å². The van der Waals surface area contributed by atoms with Crippen LogP contribution in [0.15, 0.2) is 52.0 Å². The van der Waals surface area contributed by atoms with Gasteiger partial charge in [-0.15, -0.1) is 0 Å². The Morgan fingerprint density at radius 2 is 1.86 bits per heavy atom. The number of aliphatic imine (C=N–C) groups is 1. The second kappa shape index (κ2) is 8.18. The van der Waals surface area contributed by atoms with Crippen molar-refractivity contribution in [3.8, 4) is 22.9 Å². The average molecular weight is 400 g/mol. The Morgan fingerprint density at radius 3 is 2.68 bits per heavy atom. The van der Waals surface area contributed by atoms with E-state index in [1.165, 1.54) is 0 Å². The summed E-state index contributed by atoms with van der Waals surface area (Å²) < 4.78 is 16.0. The van der Waals surface area contributed by atoms with Crippen molar-refractivity contribution in [2.24, 2.45) is 4.99 Å². The number of fused-ring (bicyclic) bond motifs is 1. The molecular weight excluding hydrogens is 382 g/mol. The highest BCUT2D eigenvalue weighted by molar-refractivity contribution is 6.30. The van der Waals surface area contributed by atoms with Crippen LogP contribution in [0.4, 0.5) is 0 Å². The number of ether oxygens (including phenoxy) is 2. The number of hydrogen-bond donors (Lipinski definition) is 2. The van der Waals surface area contributed by atoms with E-state index in [-0.39, 0.29) is 6.79 Å². The molecule has 1 aromatic heterocycles. The van der Waals surface area contributed by atoms with Gasteiger partial charge >= 0.3 is 0 Å². The Labute approximate surface area is 166 Å². The van der Waals surface area contributed by atoms with Crippen LogP contribution in [0.3, 0.4) is 0 Å². The van der Waals surface area contributed by atoms with Crippen LogP contribution in [-0.4, -0.2) is 29.9 Å². The molecule has 0 saturated heterocycles. The van der Waals surface area contributed by atoms with Gasteiger partial charge in [-0.1, -0.05) is 22.8 Å². The molecule has 0 radical (unpaired) electrons. The lowest BCUT2D eigenvalue weighted by molar-refractivity contribution is 0.174. The summed E-state index contributed by atoms with van der Waals surface area (Å²) in [6.07, 6.45) is 0. The molecule has 144 valence electrons. The van der Waals surface area contributed by atoms with E-state index in [0.29, 0.717) is 35.8 Å². The summed E-state index contributed by atoms with van der Waals surface area (Å²) in [4.78, 5) is 8.58. The van der Waals surface area contributed by atoms with E-state index in [2.05, 4.69) is 25.8 Å². The van der Waals surface area contributed by atoms with E-state index < -0.39 is 0 Å². The maximum absolute atomic E-state index is 5.90. The molecule has 2 N–H and O–H groups in total. The third-order valence-electron chi connectivity index (χ3n) is 4.10. The Morgan fingerprint density at radius 1 is 1.07 bits per heavy atom. The molecule has 3 aromatic rings. The summed E-state index contributed by atoms with van der Waals surface area (Å²) in [5, 5.41) is 11.0. The first-order valence-electron chi connectivity index (χ1n) is 8.63. The van der Waals surface area contributed by atoms with E-state index in [4.69, 9.17) is 25.6 Å². The average Bonchev–Trinajstić information content (AvgIpc) is 3.37. The van der Waals surface area contributed by atoms with Gasteiger partial charge in [0.05, 0.1) is 6.54 Å². The highest BCUT2D eigenvalue weighted by Gasteiger charge is 2.13. The summed E-state index contributed by atoms with van der Waals surface area (Å²) in [6, 6.07) is 13.1. The number of hydrogen-bond acceptors (Lipinski definition) is 6. The second-order valence-electron chi connectivity index (χ2n) is 5.99. The molecule has 4 rings (SSSR count). The molecule has 8 nitrogen and oxygen atoms in total. The third kappa shape index (κ3) is 4.17. The van der Waals surface area contributed by atoms with E-state index in [0.717, 1.165) is 22.6 Å². The summed E-state index contributed by atoms with van der Waals surface area (Å²) in [6.45, 7) is 1.19. The molecule has 0 saturated carbocycles. The second-order valence-corrected chi connectivity index (χ2v) is 6.42. The van der Waals surface area contributed by atoms with Gasteiger partial charge in [-0.2, -0.15) is 4.98 Å². The maximum Gasteiger partial charge on any atom is 0.246 e. The van der Waals surface area contributed by atoms with Gasteiger partial charge in [0, 0.05) is 24.2 Å². The maximum atomic E-state index is 5.90. The van der Waals surface area contributed by atoms with Crippen molar-refractivity contribution in [1.82, 2.24) is 20.8 Å². The largest absolute Gasteiger partial charge is 0.454 e. The van der Waals surface area contributed by atoms with E-state index >= 15 is 0 Å². The van der Waals surface area contributed by atoms with E-state index in [1.54, 1.807) is 19.2 Å². The van der Waals surface area contributed by atoms with Crippen molar-refractivity contribution in [3.63, 3.8) is 0 Å². The highest BCUT2D eigenvalue weighted by Crippen LogP contribution is 2.32. The number of aromatic nitrogens is 2. The number of benzene rings is 2. The minimum Gasteiger partial charge on any atom is -0.454 e. The molecule has 0 bridgehead atoms. The molecule has 0 amide bonds. The first kappa shape index (κ1) is 18.1. The Kier molecular flexibility index (Phi) is 5.29. The monoisotopic (exact) mass is 399 g/mol. The van der Waals surface area contributed by atoms with Crippen LogP contribution < -0.4 is 20.1 Å². The van der Waals surface area contributed by atoms with Crippen molar-refractivity contribution in [2.45, 2.75) is 13.1 Å². The SMILES string of the molecule is CN=C(NCc1ccc2c(c1)OCO2)NCc1nc(-c2ccc(Cl)cc2)no1. The Bertz CT molecular complexity index is 987. The van der Waals surface area contributed by atoms with Gasteiger partial charge < -0.3 is 24.6 Å². The minimum atomic E-state index is 0.262. The molecule has 0 aliphatic carbocycles. The van der Waals surface area contributed by atoms with Crippen LogP contribution in [0, 0.1) is 0 Å². The van der Waals surface area contributed by atoms with Gasteiger partial charge in [0.25, 0.3) is 0 Å². The molecule has 2 heterocycles. The molecule has 1 aliphatic rings. The fraction of sp³-hybridized carbons (Fsp3) is 0.211. The summed E-state index contributed by atoms with van der Waals surface area (Å²) in [5.74, 6) is 3.10. The zero-order chi connectivity index (χ0) is 19.3. The van der Waals surface area contributed by atoms with Gasteiger partial charge in [0.15, 0.2) is 17.5 Å². The van der Waals surface area contributed by atoms with Crippen LogP contribution in [0.5, 0.6) is 11.5 Å². The minimum absolute atomic E-state index is 0.262. The van der Waals surface area contributed by atoms with Crippen LogP contribution in [0.2, 0.25) is 5.02 Å².